The first kappa shape index (κ1) is 12.3. The molecule has 0 N–H and O–H groups in total. The maximum absolute atomic E-state index is 2.30. The minimum atomic E-state index is 0.626. The largest absolute Gasteiger partial charge is 0.0617 e. The Morgan fingerprint density at radius 1 is 0.667 bits per heavy atom. The maximum atomic E-state index is 2.30. The molecule has 1 aromatic carbocycles. The second kappa shape index (κ2) is 4.83. The van der Waals surface area contributed by atoms with Gasteiger partial charge in [-0.05, 0) is 34.4 Å². The van der Waals surface area contributed by atoms with E-state index in [-0.39, 0.29) is 0 Å². The van der Waals surface area contributed by atoms with E-state index < -0.39 is 0 Å². The van der Waals surface area contributed by atoms with E-state index in [1.807, 2.05) is 0 Å². The second-order valence-corrected chi connectivity index (χ2v) is 5.31. The SMILES string of the molecule is CC(C)c1cccc(C(C)C)c1C(C)C. The monoisotopic (exact) mass is 204 g/mol. The molecule has 15 heavy (non-hydrogen) atoms. The molecule has 0 unspecified atom stereocenters. The fourth-order valence-electron chi connectivity index (χ4n) is 2.28. The summed E-state index contributed by atoms with van der Waals surface area (Å²) in [5, 5.41) is 0. The molecule has 0 fully saturated rings. The van der Waals surface area contributed by atoms with Gasteiger partial charge in [0.2, 0.25) is 0 Å². The highest BCUT2D eigenvalue weighted by atomic mass is 14.2. The van der Waals surface area contributed by atoms with E-state index in [9.17, 15) is 0 Å². The van der Waals surface area contributed by atoms with Crippen molar-refractivity contribution in [3.05, 3.63) is 34.9 Å². The van der Waals surface area contributed by atoms with Gasteiger partial charge in [0, 0.05) is 0 Å². The summed E-state index contributed by atoms with van der Waals surface area (Å²) in [6.45, 7) is 13.7. The third-order valence-electron chi connectivity index (χ3n) is 2.99. The molecule has 0 bridgehead atoms. The quantitative estimate of drug-likeness (QED) is 0.646. The van der Waals surface area contributed by atoms with E-state index in [0.717, 1.165) is 0 Å². The van der Waals surface area contributed by atoms with Crippen molar-refractivity contribution in [2.45, 2.75) is 59.3 Å². The zero-order chi connectivity index (χ0) is 11.6. The summed E-state index contributed by atoms with van der Waals surface area (Å²) in [6, 6.07) is 6.77. The number of hydrogen-bond acceptors (Lipinski definition) is 0. The molecule has 1 rings (SSSR count). The highest BCUT2D eigenvalue weighted by Crippen LogP contribution is 2.32. The van der Waals surface area contributed by atoms with Crippen molar-refractivity contribution < 1.29 is 0 Å². The lowest BCUT2D eigenvalue weighted by Gasteiger charge is -2.22. The van der Waals surface area contributed by atoms with E-state index in [0.29, 0.717) is 17.8 Å². The van der Waals surface area contributed by atoms with E-state index in [1.54, 1.807) is 5.56 Å². The van der Waals surface area contributed by atoms with Gasteiger partial charge in [0.05, 0.1) is 0 Å². The molecule has 0 aliphatic carbocycles. The predicted molar refractivity (Wildman–Crippen MR) is 68.7 cm³/mol. The first-order valence-electron chi connectivity index (χ1n) is 6.07. The molecule has 0 amide bonds. The third-order valence-corrected chi connectivity index (χ3v) is 2.99. The molecule has 1 aromatic rings. The van der Waals surface area contributed by atoms with Crippen LogP contribution in [0.25, 0.3) is 0 Å². The molecule has 0 heteroatoms. The van der Waals surface area contributed by atoms with E-state index in [1.165, 1.54) is 11.1 Å². The van der Waals surface area contributed by atoms with Crippen LogP contribution in [0.1, 0.15) is 76.0 Å². The predicted octanol–water partition coefficient (Wildman–Crippen LogP) is 5.06. The summed E-state index contributed by atoms with van der Waals surface area (Å²) in [7, 11) is 0. The molecule has 0 aromatic heterocycles. The van der Waals surface area contributed by atoms with Gasteiger partial charge in [-0.15, -0.1) is 0 Å². The molecular weight excluding hydrogens is 180 g/mol. The summed E-state index contributed by atoms with van der Waals surface area (Å²) in [4.78, 5) is 0. The first-order valence-corrected chi connectivity index (χ1v) is 6.07. The van der Waals surface area contributed by atoms with Gasteiger partial charge in [-0.2, -0.15) is 0 Å². The number of rotatable bonds is 3. The van der Waals surface area contributed by atoms with Crippen molar-refractivity contribution in [2.75, 3.05) is 0 Å². The van der Waals surface area contributed by atoms with Crippen molar-refractivity contribution in [1.29, 1.82) is 0 Å². The van der Waals surface area contributed by atoms with Crippen LogP contribution in [0.4, 0.5) is 0 Å². The van der Waals surface area contributed by atoms with Gasteiger partial charge in [0.1, 0.15) is 0 Å². The third kappa shape index (κ3) is 2.62. The molecule has 0 aliphatic rings. The average molecular weight is 204 g/mol. The summed E-state index contributed by atoms with van der Waals surface area (Å²) in [5.74, 6) is 1.88. The fourth-order valence-corrected chi connectivity index (χ4v) is 2.28. The van der Waals surface area contributed by atoms with Gasteiger partial charge in [0.15, 0.2) is 0 Å². The van der Waals surface area contributed by atoms with Crippen LogP contribution in [0.2, 0.25) is 0 Å². The van der Waals surface area contributed by atoms with E-state index in [4.69, 9.17) is 0 Å². The molecule has 0 nitrogen and oxygen atoms in total. The molecule has 0 saturated carbocycles. The van der Waals surface area contributed by atoms with Crippen molar-refractivity contribution in [2.24, 2.45) is 0 Å². The Balaban J connectivity index is 3.35. The van der Waals surface area contributed by atoms with Crippen LogP contribution in [0, 0.1) is 0 Å². The summed E-state index contributed by atoms with van der Waals surface area (Å²) in [5.41, 5.74) is 4.62. The minimum absolute atomic E-state index is 0.626. The Morgan fingerprint density at radius 2 is 1.07 bits per heavy atom. The van der Waals surface area contributed by atoms with Gasteiger partial charge >= 0.3 is 0 Å². The van der Waals surface area contributed by atoms with Crippen LogP contribution in [0.15, 0.2) is 18.2 Å². The molecule has 0 spiro atoms. The van der Waals surface area contributed by atoms with Gasteiger partial charge in [0.25, 0.3) is 0 Å². The highest BCUT2D eigenvalue weighted by Gasteiger charge is 2.15. The van der Waals surface area contributed by atoms with Crippen molar-refractivity contribution >= 4 is 0 Å². The smallest absolute Gasteiger partial charge is 0.0213 e. The van der Waals surface area contributed by atoms with E-state index in [2.05, 4.69) is 59.7 Å². The Labute approximate surface area is 94.7 Å². The van der Waals surface area contributed by atoms with Gasteiger partial charge in [-0.1, -0.05) is 59.7 Å². The normalized spacial score (nSPS) is 11.8. The molecular formula is C15H24. The van der Waals surface area contributed by atoms with Crippen LogP contribution in [-0.2, 0) is 0 Å². The molecule has 0 saturated heterocycles. The summed E-state index contributed by atoms with van der Waals surface area (Å²) < 4.78 is 0. The number of benzene rings is 1. The Kier molecular flexibility index (Phi) is 3.96. The lowest BCUT2D eigenvalue weighted by atomic mass is 9.83. The Morgan fingerprint density at radius 3 is 1.33 bits per heavy atom. The minimum Gasteiger partial charge on any atom is -0.0617 e. The lowest BCUT2D eigenvalue weighted by Crippen LogP contribution is -2.04. The molecule has 0 radical (unpaired) electrons. The van der Waals surface area contributed by atoms with Gasteiger partial charge in [-0.3, -0.25) is 0 Å². The average Bonchev–Trinajstić information content (AvgIpc) is 2.16. The molecule has 0 aliphatic heterocycles. The zero-order valence-electron chi connectivity index (χ0n) is 11.0. The van der Waals surface area contributed by atoms with Gasteiger partial charge in [-0.25, -0.2) is 0 Å². The van der Waals surface area contributed by atoms with Crippen molar-refractivity contribution in [3.63, 3.8) is 0 Å². The Hall–Kier alpha value is -0.780. The van der Waals surface area contributed by atoms with Crippen molar-refractivity contribution in [1.82, 2.24) is 0 Å². The summed E-state index contributed by atoms with van der Waals surface area (Å²) >= 11 is 0. The second-order valence-electron chi connectivity index (χ2n) is 5.31. The van der Waals surface area contributed by atoms with E-state index >= 15 is 0 Å². The highest BCUT2D eigenvalue weighted by molar-refractivity contribution is 5.40. The van der Waals surface area contributed by atoms with Crippen LogP contribution < -0.4 is 0 Å². The van der Waals surface area contributed by atoms with Crippen LogP contribution in [0.3, 0.4) is 0 Å². The fraction of sp³-hybridized carbons (Fsp3) is 0.600. The van der Waals surface area contributed by atoms with Crippen LogP contribution in [0.5, 0.6) is 0 Å². The molecule has 84 valence electrons. The topological polar surface area (TPSA) is 0 Å². The maximum Gasteiger partial charge on any atom is -0.0213 e. The lowest BCUT2D eigenvalue weighted by molar-refractivity contribution is 0.748. The number of hydrogen-bond donors (Lipinski definition) is 0. The first-order chi connectivity index (χ1) is 6.95. The molecule has 0 heterocycles. The zero-order valence-corrected chi connectivity index (χ0v) is 11.0. The van der Waals surface area contributed by atoms with Gasteiger partial charge < -0.3 is 0 Å². The van der Waals surface area contributed by atoms with Crippen molar-refractivity contribution in [3.8, 4) is 0 Å². The Bertz CT molecular complexity index is 293. The van der Waals surface area contributed by atoms with Crippen LogP contribution >= 0.6 is 0 Å². The molecule has 0 atom stereocenters. The van der Waals surface area contributed by atoms with Crippen LogP contribution in [-0.4, -0.2) is 0 Å². The summed E-state index contributed by atoms with van der Waals surface area (Å²) in [6.07, 6.45) is 0. The standard InChI is InChI=1S/C15H24/c1-10(2)13-8-7-9-14(11(3)4)15(13)12(5)6/h7-12H,1-6H3.